The number of alkyl halides is 6. The number of aromatic nitrogens is 6. The van der Waals surface area contributed by atoms with Gasteiger partial charge in [0, 0.05) is 30.9 Å². The zero-order valence-corrected chi connectivity index (χ0v) is 16.6. The smallest absolute Gasteiger partial charge is 0.364 e. The molecule has 0 spiro atoms. The van der Waals surface area contributed by atoms with E-state index in [1.165, 1.54) is 13.2 Å². The number of carbonyl (C=O) groups excluding carboxylic acids is 1. The molecule has 3 aromatic heterocycles. The van der Waals surface area contributed by atoms with Crippen LogP contribution in [0.5, 0.6) is 0 Å². The van der Waals surface area contributed by atoms with Gasteiger partial charge >= 0.3 is 12.4 Å². The molecule has 3 aromatic rings. The highest BCUT2D eigenvalue weighted by atomic mass is 19.4. The average molecular weight is 461 g/mol. The van der Waals surface area contributed by atoms with Gasteiger partial charge in [-0.2, -0.15) is 41.6 Å². The number of aryl methyl sites for hydroxylation is 3. The minimum Gasteiger partial charge on any atom is -0.364 e. The Morgan fingerprint density at radius 2 is 1.69 bits per heavy atom. The van der Waals surface area contributed by atoms with E-state index in [1.807, 2.05) is 10.7 Å². The topological polar surface area (TPSA) is 105 Å². The van der Waals surface area contributed by atoms with Gasteiger partial charge in [-0.3, -0.25) is 14.2 Å². The van der Waals surface area contributed by atoms with Gasteiger partial charge in [-0.25, -0.2) is 0 Å². The molecule has 0 unspecified atom stereocenters. The second-order valence-corrected chi connectivity index (χ2v) is 6.93. The summed E-state index contributed by atoms with van der Waals surface area (Å²) in [5.74, 6) is -0.939. The molecule has 0 saturated carbocycles. The number of hydrogen-bond donors (Lipinski definition) is 1. The van der Waals surface area contributed by atoms with Crippen molar-refractivity contribution in [3.8, 4) is 11.3 Å². The maximum absolute atomic E-state index is 12.6. The Bertz CT molecular complexity index is 1090. The number of nitrogens with zero attached hydrogens (tertiary/aromatic N) is 6. The van der Waals surface area contributed by atoms with Gasteiger partial charge in [-0.05, 0) is 31.4 Å². The average Bonchev–Trinajstić information content (AvgIpc) is 3.31. The van der Waals surface area contributed by atoms with E-state index in [0.717, 1.165) is 42.2 Å². The zero-order valence-electron chi connectivity index (χ0n) is 16.6. The fraction of sp³-hybridized carbons (Fsp3) is 0.389. The first-order valence-corrected chi connectivity index (χ1v) is 9.24. The molecule has 1 aliphatic heterocycles. The highest BCUT2D eigenvalue weighted by molar-refractivity contribution is 5.91. The van der Waals surface area contributed by atoms with Crippen molar-refractivity contribution in [2.45, 2.75) is 38.2 Å². The van der Waals surface area contributed by atoms with Crippen molar-refractivity contribution in [1.82, 2.24) is 29.8 Å². The van der Waals surface area contributed by atoms with Crippen LogP contribution in [0.4, 0.5) is 26.3 Å². The fourth-order valence-electron chi connectivity index (χ4n) is 3.04. The van der Waals surface area contributed by atoms with Crippen molar-refractivity contribution in [3.63, 3.8) is 0 Å². The molecule has 0 aliphatic carbocycles. The second-order valence-electron chi connectivity index (χ2n) is 6.93. The summed E-state index contributed by atoms with van der Waals surface area (Å²) in [4.78, 5) is 10.6. The Morgan fingerprint density at radius 1 is 1.00 bits per heavy atom. The maximum Gasteiger partial charge on any atom is 0.435 e. The number of amides is 1. The van der Waals surface area contributed by atoms with E-state index in [2.05, 4.69) is 20.4 Å². The van der Waals surface area contributed by atoms with Crippen LogP contribution < -0.4 is 5.73 Å². The Hall–Kier alpha value is -3.45. The minimum absolute atomic E-state index is 0.271. The van der Waals surface area contributed by atoms with Crippen LogP contribution in [0.15, 0.2) is 24.4 Å². The lowest BCUT2D eigenvalue weighted by Crippen LogP contribution is -2.15. The number of fused-ring (bicyclic) bond motifs is 1. The van der Waals surface area contributed by atoms with E-state index in [4.69, 9.17) is 5.73 Å². The van der Waals surface area contributed by atoms with Crippen LogP contribution in [0, 0.1) is 0 Å². The van der Waals surface area contributed by atoms with E-state index in [-0.39, 0.29) is 5.69 Å². The molecule has 0 radical (unpaired) electrons. The largest absolute Gasteiger partial charge is 0.435 e. The number of nitrogens with two attached hydrogens (primary N) is 1. The van der Waals surface area contributed by atoms with E-state index in [0.29, 0.717) is 17.3 Å². The molecule has 0 saturated heterocycles. The van der Waals surface area contributed by atoms with Crippen molar-refractivity contribution in [2.75, 3.05) is 0 Å². The summed E-state index contributed by atoms with van der Waals surface area (Å²) >= 11 is 0. The van der Waals surface area contributed by atoms with Crippen LogP contribution in [0.2, 0.25) is 0 Å². The van der Waals surface area contributed by atoms with Crippen LogP contribution in [0.25, 0.3) is 11.3 Å². The molecule has 0 aromatic carbocycles. The molecule has 0 fully saturated rings. The summed E-state index contributed by atoms with van der Waals surface area (Å²) in [6, 6.07) is 3.43. The second kappa shape index (κ2) is 8.59. The summed E-state index contributed by atoms with van der Waals surface area (Å²) in [6.45, 7) is 0.819. The standard InChI is InChI=1S/C12H11F3N4.C6H6F3N3O/c13-12(14,15)11-5-8(7-16-17-11)10-6-9-3-1-2-4-19(9)18-10;1-12-3(5(10)13)2-4(11-12)6(7,8)9/h5-7H,1-4H2;2H,1H3,(H2,10,13). The van der Waals surface area contributed by atoms with Crippen molar-refractivity contribution in [2.24, 2.45) is 12.8 Å². The molecule has 0 atom stereocenters. The normalized spacial score (nSPS) is 13.8. The number of hydrogen-bond acceptors (Lipinski definition) is 5. The molecule has 32 heavy (non-hydrogen) atoms. The highest BCUT2D eigenvalue weighted by Crippen LogP contribution is 2.30. The van der Waals surface area contributed by atoms with Gasteiger partial charge in [0.1, 0.15) is 5.69 Å². The van der Waals surface area contributed by atoms with Crippen LogP contribution >= 0.6 is 0 Å². The van der Waals surface area contributed by atoms with Gasteiger partial charge < -0.3 is 5.73 Å². The molecule has 2 N–H and O–H groups in total. The first-order chi connectivity index (χ1) is 14.9. The Morgan fingerprint density at radius 3 is 2.22 bits per heavy atom. The Kier molecular flexibility index (Phi) is 6.23. The molecule has 14 heteroatoms. The molecule has 0 bridgehead atoms. The third-order valence-corrected chi connectivity index (χ3v) is 4.58. The zero-order chi connectivity index (χ0) is 23.7. The van der Waals surface area contributed by atoms with Crippen molar-refractivity contribution >= 4 is 5.91 Å². The predicted octanol–water partition coefficient (Wildman–Crippen LogP) is 3.23. The van der Waals surface area contributed by atoms with Gasteiger partial charge in [-0.1, -0.05) is 0 Å². The van der Waals surface area contributed by atoms with E-state index in [9.17, 15) is 31.1 Å². The third-order valence-electron chi connectivity index (χ3n) is 4.58. The van der Waals surface area contributed by atoms with Crippen LogP contribution in [0.3, 0.4) is 0 Å². The highest BCUT2D eigenvalue weighted by Gasteiger charge is 2.35. The number of carbonyl (C=O) groups is 1. The Balaban J connectivity index is 0.000000195. The van der Waals surface area contributed by atoms with Crippen LogP contribution in [-0.2, 0) is 32.4 Å². The third kappa shape index (κ3) is 5.23. The lowest BCUT2D eigenvalue weighted by Gasteiger charge is -2.11. The first kappa shape index (κ1) is 23.2. The molecular weight excluding hydrogens is 444 g/mol. The van der Waals surface area contributed by atoms with E-state index >= 15 is 0 Å². The SMILES string of the molecule is Cn1nc(C(F)(F)F)cc1C(N)=O.FC(F)(F)c1cc(-c2cc3n(n2)CCCC3)cnn1. The van der Waals surface area contributed by atoms with Crippen LogP contribution in [-0.4, -0.2) is 35.7 Å². The molecule has 1 amide bonds. The number of rotatable bonds is 2. The lowest BCUT2D eigenvalue weighted by atomic mass is 10.1. The van der Waals surface area contributed by atoms with Crippen molar-refractivity contribution in [1.29, 1.82) is 0 Å². The fourth-order valence-corrected chi connectivity index (χ4v) is 3.04. The van der Waals surface area contributed by atoms with Gasteiger partial charge in [-0.15, -0.1) is 5.10 Å². The summed E-state index contributed by atoms with van der Waals surface area (Å²) in [6.07, 6.45) is -4.67. The van der Waals surface area contributed by atoms with Gasteiger partial charge in [0.25, 0.3) is 5.91 Å². The van der Waals surface area contributed by atoms with Gasteiger partial charge in [0.15, 0.2) is 11.4 Å². The monoisotopic (exact) mass is 461 g/mol. The molecule has 1 aliphatic rings. The number of primary amides is 1. The van der Waals surface area contributed by atoms with E-state index in [1.54, 1.807) is 0 Å². The van der Waals surface area contributed by atoms with Gasteiger partial charge in [0.05, 0.1) is 11.9 Å². The summed E-state index contributed by atoms with van der Waals surface area (Å²) in [5, 5.41) is 13.9. The van der Waals surface area contributed by atoms with Crippen LogP contribution in [0.1, 0.15) is 40.4 Å². The summed E-state index contributed by atoms with van der Waals surface area (Å²) in [5.41, 5.74) is 4.36. The summed E-state index contributed by atoms with van der Waals surface area (Å²) in [7, 11) is 1.22. The van der Waals surface area contributed by atoms with Crippen molar-refractivity contribution in [3.05, 3.63) is 47.2 Å². The maximum atomic E-state index is 12.6. The molecule has 172 valence electrons. The first-order valence-electron chi connectivity index (χ1n) is 9.24. The van der Waals surface area contributed by atoms with E-state index < -0.39 is 29.6 Å². The van der Waals surface area contributed by atoms with Crippen molar-refractivity contribution < 1.29 is 31.1 Å². The number of halogens is 6. The Labute approximate surface area is 177 Å². The van der Waals surface area contributed by atoms with Gasteiger partial charge in [0.2, 0.25) is 0 Å². The quantitative estimate of drug-likeness (QED) is 0.590. The lowest BCUT2D eigenvalue weighted by molar-refractivity contribution is -0.142. The minimum atomic E-state index is -4.55. The predicted molar refractivity (Wildman–Crippen MR) is 97.9 cm³/mol. The molecule has 4 rings (SSSR count). The summed E-state index contributed by atoms with van der Waals surface area (Å²) < 4.78 is 76.4. The molecular formula is C18H17F6N7O. The molecule has 8 nitrogen and oxygen atoms in total. The molecule has 4 heterocycles.